The van der Waals surface area contributed by atoms with Crippen LogP contribution < -0.4 is 5.32 Å². The fraction of sp³-hybridized carbons (Fsp3) is 0.462. The van der Waals surface area contributed by atoms with Gasteiger partial charge in [0.2, 0.25) is 0 Å². The molecule has 0 fully saturated rings. The first kappa shape index (κ1) is 14.6. The normalized spacial score (nSPS) is 12.4. The minimum atomic E-state index is -0.920. The maximum atomic E-state index is 13.3. The lowest BCUT2D eigenvalue weighted by Gasteiger charge is -2.12. The van der Waals surface area contributed by atoms with Crippen LogP contribution in [0.15, 0.2) is 18.2 Å². The zero-order chi connectivity index (χ0) is 13.5. The molecule has 0 aliphatic carbocycles. The van der Waals surface area contributed by atoms with E-state index in [-0.39, 0.29) is 5.56 Å². The van der Waals surface area contributed by atoms with Crippen LogP contribution >= 0.6 is 0 Å². The van der Waals surface area contributed by atoms with Crippen molar-refractivity contribution in [3.05, 3.63) is 35.4 Å². The van der Waals surface area contributed by atoms with Gasteiger partial charge < -0.3 is 10.4 Å². The lowest BCUT2D eigenvalue weighted by molar-refractivity contribution is -0.139. The molecule has 0 saturated carbocycles. The number of hydrogen-bond donors (Lipinski definition) is 2. The average Bonchev–Trinajstić information content (AvgIpc) is 2.33. The van der Waals surface area contributed by atoms with Gasteiger partial charge in [0.25, 0.3) is 0 Å². The standard InChI is InChI=1S/C13H17F2NO2/c1-2-16-11(13(17)18)8-4-6-9-5-3-7-10(14)12(9)15/h3,5,7,11,16H,2,4,6,8H2,1H3,(H,17,18)/t11-/m0/s1. The first-order valence-corrected chi connectivity index (χ1v) is 5.95. The Morgan fingerprint density at radius 3 is 2.78 bits per heavy atom. The number of aryl methyl sites for hydroxylation is 1. The van der Waals surface area contributed by atoms with Crippen LogP contribution in [0.5, 0.6) is 0 Å². The van der Waals surface area contributed by atoms with Gasteiger partial charge in [-0.2, -0.15) is 0 Å². The molecule has 1 aromatic rings. The summed E-state index contributed by atoms with van der Waals surface area (Å²) in [6, 6.07) is 3.40. The van der Waals surface area contributed by atoms with Gasteiger partial charge in [-0.05, 0) is 37.4 Å². The van der Waals surface area contributed by atoms with Gasteiger partial charge in [0.15, 0.2) is 11.6 Å². The van der Waals surface area contributed by atoms with Crippen molar-refractivity contribution in [1.29, 1.82) is 0 Å². The van der Waals surface area contributed by atoms with Crippen molar-refractivity contribution < 1.29 is 18.7 Å². The van der Waals surface area contributed by atoms with Gasteiger partial charge in [-0.25, -0.2) is 8.78 Å². The Labute approximate surface area is 105 Å². The molecule has 0 heterocycles. The molecule has 0 aliphatic heterocycles. The van der Waals surface area contributed by atoms with Crippen molar-refractivity contribution in [2.45, 2.75) is 32.2 Å². The predicted octanol–water partition coefficient (Wildman–Crippen LogP) is 2.35. The van der Waals surface area contributed by atoms with Gasteiger partial charge in [0.05, 0.1) is 0 Å². The molecule has 0 saturated heterocycles. The Kier molecular flexibility index (Phi) is 5.71. The molecule has 0 radical (unpaired) electrons. The number of carboxylic acids is 1. The van der Waals surface area contributed by atoms with E-state index in [1.807, 2.05) is 6.92 Å². The molecule has 3 nitrogen and oxygen atoms in total. The number of nitrogens with one attached hydrogen (secondary N) is 1. The van der Waals surface area contributed by atoms with Crippen LogP contribution in [0.3, 0.4) is 0 Å². The van der Waals surface area contributed by atoms with Gasteiger partial charge >= 0.3 is 5.97 Å². The topological polar surface area (TPSA) is 49.3 Å². The van der Waals surface area contributed by atoms with E-state index in [0.29, 0.717) is 25.8 Å². The Balaban J connectivity index is 2.50. The highest BCUT2D eigenvalue weighted by Gasteiger charge is 2.15. The van der Waals surface area contributed by atoms with E-state index in [9.17, 15) is 13.6 Å². The van der Waals surface area contributed by atoms with E-state index in [4.69, 9.17) is 5.11 Å². The van der Waals surface area contributed by atoms with Gasteiger partial charge in [-0.3, -0.25) is 4.79 Å². The van der Waals surface area contributed by atoms with E-state index in [1.165, 1.54) is 12.1 Å². The molecule has 0 aliphatic rings. The molecule has 2 N–H and O–H groups in total. The summed E-state index contributed by atoms with van der Waals surface area (Å²) in [5, 5.41) is 11.7. The summed E-state index contributed by atoms with van der Waals surface area (Å²) in [6.45, 7) is 2.38. The highest BCUT2D eigenvalue weighted by Crippen LogP contribution is 2.14. The highest BCUT2D eigenvalue weighted by atomic mass is 19.2. The summed E-state index contributed by atoms with van der Waals surface area (Å²) < 4.78 is 26.3. The SMILES string of the molecule is CCN[C@@H](CCCc1cccc(F)c1F)C(=O)O. The number of likely N-dealkylation sites (N-methyl/N-ethyl adjacent to an activating group) is 1. The molecule has 0 spiro atoms. The fourth-order valence-corrected chi connectivity index (χ4v) is 1.80. The van der Waals surface area contributed by atoms with E-state index >= 15 is 0 Å². The second-order valence-corrected chi connectivity index (χ2v) is 4.05. The van der Waals surface area contributed by atoms with Crippen LogP contribution in [0.4, 0.5) is 8.78 Å². The summed E-state index contributed by atoms with van der Waals surface area (Å²) in [5.74, 6) is -2.63. The van der Waals surface area contributed by atoms with Gasteiger partial charge in [0, 0.05) is 0 Å². The van der Waals surface area contributed by atoms with Crippen LogP contribution in [0.1, 0.15) is 25.3 Å². The second-order valence-electron chi connectivity index (χ2n) is 4.05. The van der Waals surface area contributed by atoms with E-state index in [0.717, 1.165) is 6.07 Å². The number of hydrogen-bond acceptors (Lipinski definition) is 2. The van der Waals surface area contributed by atoms with Gasteiger partial charge in [0.1, 0.15) is 6.04 Å². The zero-order valence-corrected chi connectivity index (χ0v) is 10.2. The third kappa shape index (κ3) is 4.07. The lowest BCUT2D eigenvalue weighted by atomic mass is 10.0. The zero-order valence-electron chi connectivity index (χ0n) is 10.2. The summed E-state index contributed by atoms with van der Waals surface area (Å²) in [5.41, 5.74) is 0.288. The average molecular weight is 257 g/mol. The first-order valence-electron chi connectivity index (χ1n) is 5.95. The van der Waals surface area contributed by atoms with Gasteiger partial charge in [-0.15, -0.1) is 0 Å². The molecule has 5 heteroatoms. The molecule has 1 aromatic carbocycles. The number of halogens is 2. The number of aliphatic carboxylic acids is 1. The maximum Gasteiger partial charge on any atom is 0.320 e. The monoisotopic (exact) mass is 257 g/mol. The molecule has 1 atom stereocenters. The molecule has 0 aromatic heterocycles. The van der Waals surface area contributed by atoms with Crippen LogP contribution in [0, 0.1) is 11.6 Å². The molecule has 0 unspecified atom stereocenters. The van der Waals surface area contributed by atoms with E-state index in [2.05, 4.69) is 5.32 Å². The molecule has 0 amide bonds. The van der Waals surface area contributed by atoms with Crippen LogP contribution in [-0.4, -0.2) is 23.7 Å². The molecule has 0 bridgehead atoms. The minimum absolute atomic E-state index is 0.288. The smallest absolute Gasteiger partial charge is 0.320 e. The summed E-state index contributed by atoms with van der Waals surface area (Å²) in [6.07, 6.45) is 1.21. The highest BCUT2D eigenvalue weighted by molar-refractivity contribution is 5.73. The molecule has 18 heavy (non-hydrogen) atoms. The summed E-state index contributed by atoms with van der Waals surface area (Å²) in [4.78, 5) is 10.9. The van der Waals surface area contributed by atoms with Crippen molar-refractivity contribution in [3.63, 3.8) is 0 Å². The Bertz CT molecular complexity index is 410. The molecular formula is C13H17F2NO2. The first-order chi connectivity index (χ1) is 8.56. The largest absolute Gasteiger partial charge is 0.480 e. The number of rotatable bonds is 7. The summed E-state index contributed by atoms with van der Waals surface area (Å²) >= 11 is 0. The van der Waals surface area contributed by atoms with Crippen molar-refractivity contribution in [3.8, 4) is 0 Å². The number of carbonyl (C=O) groups is 1. The van der Waals surface area contributed by atoms with Crippen molar-refractivity contribution in [2.75, 3.05) is 6.54 Å². The van der Waals surface area contributed by atoms with Crippen molar-refractivity contribution in [1.82, 2.24) is 5.32 Å². The summed E-state index contributed by atoms with van der Waals surface area (Å²) in [7, 11) is 0. The third-order valence-corrected chi connectivity index (χ3v) is 2.72. The fourth-order valence-electron chi connectivity index (χ4n) is 1.80. The van der Waals surface area contributed by atoms with E-state index < -0.39 is 23.6 Å². The molecular weight excluding hydrogens is 240 g/mol. The van der Waals surface area contributed by atoms with Crippen molar-refractivity contribution in [2.24, 2.45) is 0 Å². The van der Waals surface area contributed by atoms with Crippen LogP contribution in [-0.2, 0) is 11.2 Å². The Morgan fingerprint density at radius 1 is 1.44 bits per heavy atom. The lowest BCUT2D eigenvalue weighted by Crippen LogP contribution is -2.36. The number of carboxylic acid groups (broad SMARTS) is 1. The van der Waals surface area contributed by atoms with Crippen LogP contribution in [0.25, 0.3) is 0 Å². The third-order valence-electron chi connectivity index (χ3n) is 2.72. The minimum Gasteiger partial charge on any atom is -0.480 e. The Morgan fingerprint density at radius 2 is 2.17 bits per heavy atom. The predicted molar refractivity (Wildman–Crippen MR) is 64.4 cm³/mol. The quantitative estimate of drug-likeness (QED) is 0.788. The van der Waals surface area contributed by atoms with Crippen molar-refractivity contribution >= 4 is 5.97 Å². The van der Waals surface area contributed by atoms with E-state index in [1.54, 1.807) is 0 Å². The molecule has 1 rings (SSSR count). The maximum absolute atomic E-state index is 13.3. The van der Waals surface area contributed by atoms with Crippen LogP contribution in [0.2, 0.25) is 0 Å². The molecule has 100 valence electrons. The second kappa shape index (κ2) is 7.06. The van der Waals surface area contributed by atoms with Gasteiger partial charge in [-0.1, -0.05) is 19.1 Å². The number of benzene rings is 1. The Hall–Kier alpha value is -1.49.